The second kappa shape index (κ2) is 8.24. The van der Waals surface area contributed by atoms with Crippen molar-refractivity contribution in [3.8, 4) is 22.4 Å². The highest BCUT2D eigenvalue weighted by atomic mass is 15.1. The lowest BCUT2D eigenvalue weighted by atomic mass is 9.81. The van der Waals surface area contributed by atoms with Gasteiger partial charge in [0.1, 0.15) is 5.82 Å². The number of aromatic nitrogens is 2. The minimum Gasteiger partial charge on any atom is -0.341 e. The molecule has 2 saturated heterocycles. The molecule has 5 heteroatoms. The molecule has 9 rings (SSSR count). The normalized spacial score (nSPS) is 32.4. The number of H-pyrrole nitrogens is 1. The highest BCUT2D eigenvalue weighted by Gasteiger charge is 2.47. The SMILES string of the molecule is C1=C(c2ccc(-c3ccc(-c4cnc(C5CC6CC6N5)[nH]4)cc3)c3c2C2CCC3C2)CC([C@@H]2CCCN2)=N1. The number of piperidine rings is 1. The number of nitrogens with zero attached hydrogens (tertiary/aromatic N) is 2. The van der Waals surface area contributed by atoms with E-state index in [4.69, 9.17) is 9.98 Å². The fourth-order valence-corrected chi connectivity index (χ4v) is 8.37. The second-order valence-electron chi connectivity index (χ2n) is 12.6. The predicted octanol–water partition coefficient (Wildman–Crippen LogP) is 6.47. The van der Waals surface area contributed by atoms with E-state index in [1.54, 1.807) is 11.1 Å². The van der Waals surface area contributed by atoms with Crippen molar-refractivity contribution in [1.82, 2.24) is 20.6 Å². The monoisotopic (exact) mass is 501 g/mol. The minimum absolute atomic E-state index is 0.397. The first-order chi connectivity index (χ1) is 18.8. The smallest absolute Gasteiger partial charge is 0.123 e. The van der Waals surface area contributed by atoms with Crippen molar-refractivity contribution in [3.63, 3.8) is 0 Å². The number of rotatable bonds is 5. The third kappa shape index (κ3) is 3.37. The Kier molecular flexibility index (Phi) is 4.74. The average molecular weight is 502 g/mol. The summed E-state index contributed by atoms with van der Waals surface area (Å²) in [4.78, 5) is 13.2. The van der Waals surface area contributed by atoms with Crippen molar-refractivity contribution in [2.75, 3.05) is 6.54 Å². The molecule has 0 spiro atoms. The summed E-state index contributed by atoms with van der Waals surface area (Å²) in [6, 6.07) is 15.6. The Morgan fingerprint density at radius 2 is 1.61 bits per heavy atom. The van der Waals surface area contributed by atoms with Crippen LogP contribution in [0.5, 0.6) is 0 Å². The molecule has 0 amide bonds. The Bertz CT molecular complexity index is 1480. The van der Waals surface area contributed by atoms with Crippen molar-refractivity contribution in [1.29, 1.82) is 0 Å². The third-order valence-electron chi connectivity index (χ3n) is 10.4. The largest absolute Gasteiger partial charge is 0.341 e. The summed E-state index contributed by atoms with van der Waals surface area (Å²) in [5.74, 6) is 3.40. The summed E-state index contributed by atoms with van der Waals surface area (Å²) in [5, 5.41) is 7.35. The minimum atomic E-state index is 0.397. The summed E-state index contributed by atoms with van der Waals surface area (Å²) >= 11 is 0. The first-order valence-corrected chi connectivity index (χ1v) is 14.9. The standard InChI is InChI=1S/C33H35N5/c1-2-26(34-11-1)28-15-23(16-35-28)25-10-9-24(31-20-7-8-21(12-20)32(25)31)18-3-5-19(6-4-18)30-17-36-33(38-30)29-14-22-13-27(22)37-29/h3-6,9-10,16-17,20-22,26-27,29,34,37H,1-2,7-8,11-15H2,(H,36,38)/t20?,21?,22?,26-,27?,29?/m0/s1. The molecule has 5 nitrogen and oxygen atoms in total. The number of aliphatic imine (C=N–C) groups is 1. The Labute approximate surface area is 224 Å². The number of nitrogens with one attached hydrogen (secondary N) is 3. The molecule has 0 radical (unpaired) electrons. The first-order valence-electron chi connectivity index (χ1n) is 14.9. The molecule has 2 saturated carbocycles. The van der Waals surface area contributed by atoms with Crippen LogP contribution in [-0.4, -0.2) is 34.3 Å². The molecule has 3 N–H and O–H groups in total. The number of aromatic amines is 1. The summed E-state index contributed by atoms with van der Waals surface area (Å²) in [6.07, 6.45) is 14.3. The number of hydrogen-bond acceptors (Lipinski definition) is 4. The maximum Gasteiger partial charge on any atom is 0.123 e. The fraction of sp³-hybridized carbons (Fsp3) is 0.455. The van der Waals surface area contributed by atoms with E-state index in [2.05, 4.69) is 58.2 Å². The maximum absolute atomic E-state index is 4.89. The molecule has 6 aliphatic rings. The molecule has 4 heterocycles. The number of imidazole rings is 1. The lowest BCUT2D eigenvalue weighted by Gasteiger charge is -2.23. The molecule has 5 unspecified atom stereocenters. The lowest BCUT2D eigenvalue weighted by Crippen LogP contribution is -2.29. The van der Waals surface area contributed by atoms with Crippen LogP contribution < -0.4 is 10.6 Å². The van der Waals surface area contributed by atoms with E-state index in [0.29, 0.717) is 18.0 Å². The quantitative estimate of drug-likeness (QED) is 0.375. The van der Waals surface area contributed by atoms with Crippen molar-refractivity contribution < 1.29 is 0 Å². The summed E-state index contributed by atoms with van der Waals surface area (Å²) in [7, 11) is 0. The van der Waals surface area contributed by atoms with Crippen LogP contribution in [0.4, 0.5) is 0 Å². The Morgan fingerprint density at radius 1 is 0.789 bits per heavy atom. The molecular weight excluding hydrogens is 466 g/mol. The fourth-order valence-electron chi connectivity index (χ4n) is 8.37. The van der Waals surface area contributed by atoms with Gasteiger partial charge in [-0.25, -0.2) is 4.98 Å². The van der Waals surface area contributed by atoms with Gasteiger partial charge in [0.15, 0.2) is 0 Å². The zero-order valence-electron chi connectivity index (χ0n) is 21.8. The molecule has 4 fully saturated rings. The molecule has 3 aromatic rings. The van der Waals surface area contributed by atoms with Gasteiger partial charge in [0.25, 0.3) is 0 Å². The van der Waals surface area contributed by atoms with Gasteiger partial charge in [-0.2, -0.15) is 0 Å². The highest BCUT2D eigenvalue weighted by molar-refractivity contribution is 6.02. The van der Waals surface area contributed by atoms with Crippen LogP contribution in [0.1, 0.15) is 91.8 Å². The zero-order chi connectivity index (χ0) is 24.8. The van der Waals surface area contributed by atoms with Crippen LogP contribution in [0.15, 0.2) is 53.8 Å². The molecule has 2 aromatic carbocycles. The molecule has 2 bridgehead atoms. The number of allylic oxidation sites excluding steroid dienone is 1. The Hall–Kier alpha value is -3.02. The lowest BCUT2D eigenvalue weighted by molar-refractivity contribution is 0.543. The highest BCUT2D eigenvalue weighted by Crippen LogP contribution is 2.58. The third-order valence-corrected chi connectivity index (χ3v) is 10.4. The Balaban J connectivity index is 1.01. The summed E-state index contributed by atoms with van der Waals surface area (Å²) in [6.45, 7) is 1.13. The maximum atomic E-state index is 4.89. The average Bonchev–Trinajstić information content (AvgIpc) is 3.71. The molecule has 192 valence electrons. The van der Waals surface area contributed by atoms with Gasteiger partial charge in [0.05, 0.1) is 17.9 Å². The van der Waals surface area contributed by atoms with Crippen LogP contribution in [0.3, 0.4) is 0 Å². The van der Waals surface area contributed by atoms with Gasteiger partial charge in [-0.3, -0.25) is 4.99 Å². The topological polar surface area (TPSA) is 65.1 Å². The van der Waals surface area contributed by atoms with E-state index in [0.717, 1.165) is 42.4 Å². The van der Waals surface area contributed by atoms with Gasteiger partial charge in [0.2, 0.25) is 0 Å². The van der Waals surface area contributed by atoms with Crippen molar-refractivity contribution in [2.24, 2.45) is 10.9 Å². The van der Waals surface area contributed by atoms with Gasteiger partial charge in [-0.1, -0.05) is 36.4 Å². The zero-order valence-corrected chi connectivity index (χ0v) is 21.8. The van der Waals surface area contributed by atoms with Crippen LogP contribution in [0, 0.1) is 5.92 Å². The van der Waals surface area contributed by atoms with Gasteiger partial charge in [-0.15, -0.1) is 0 Å². The van der Waals surface area contributed by atoms with Crippen LogP contribution in [0.25, 0.3) is 28.0 Å². The van der Waals surface area contributed by atoms with Gasteiger partial charge < -0.3 is 15.6 Å². The van der Waals surface area contributed by atoms with Crippen molar-refractivity contribution >= 4 is 11.3 Å². The van der Waals surface area contributed by atoms with Gasteiger partial charge in [0, 0.05) is 30.4 Å². The van der Waals surface area contributed by atoms with Gasteiger partial charge >= 0.3 is 0 Å². The number of fused-ring (bicyclic) bond motifs is 6. The Morgan fingerprint density at radius 3 is 2.39 bits per heavy atom. The first kappa shape index (κ1) is 21.9. The molecule has 3 aliphatic carbocycles. The van der Waals surface area contributed by atoms with E-state index >= 15 is 0 Å². The van der Waals surface area contributed by atoms with Gasteiger partial charge in [-0.05, 0) is 108 Å². The van der Waals surface area contributed by atoms with Crippen molar-refractivity contribution in [2.45, 2.75) is 81.3 Å². The van der Waals surface area contributed by atoms with Crippen LogP contribution in [-0.2, 0) is 0 Å². The van der Waals surface area contributed by atoms with Crippen molar-refractivity contribution in [3.05, 3.63) is 71.3 Å². The van der Waals surface area contributed by atoms with E-state index in [9.17, 15) is 0 Å². The number of hydrogen-bond donors (Lipinski definition) is 3. The predicted molar refractivity (Wildman–Crippen MR) is 152 cm³/mol. The summed E-state index contributed by atoms with van der Waals surface area (Å²) < 4.78 is 0. The molecule has 3 aliphatic heterocycles. The van der Waals surface area contributed by atoms with E-state index in [1.807, 2.05) is 6.20 Å². The second-order valence-corrected chi connectivity index (χ2v) is 12.6. The van der Waals surface area contributed by atoms with E-state index in [-0.39, 0.29) is 0 Å². The molecule has 6 atom stereocenters. The van der Waals surface area contributed by atoms with E-state index in [1.165, 1.54) is 78.5 Å². The number of benzene rings is 2. The molecular formula is C33H35N5. The molecule has 38 heavy (non-hydrogen) atoms. The van der Waals surface area contributed by atoms with E-state index < -0.39 is 0 Å². The van der Waals surface area contributed by atoms with Crippen LogP contribution in [0.2, 0.25) is 0 Å². The molecule has 1 aromatic heterocycles. The van der Waals surface area contributed by atoms with Crippen LogP contribution >= 0.6 is 0 Å². The summed E-state index contributed by atoms with van der Waals surface area (Å²) in [5.41, 5.74) is 12.7.